The normalized spacial score (nSPS) is 9.53. The Morgan fingerprint density at radius 1 is 1.40 bits per heavy atom. The molecule has 0 bridgehead atoms. The lowest BCUT2D eigenvalue weighted by atomic mass is 10.2. The summed E-state index contributed by atoms with van der Waals surface area (Å²) >= 11 is 5.13. The second-order valence-electron chi connectivity index (χ2n) is 2.89. The second kappa shape index (κ2) is 4.77. The van der Waals surface area contributed by atoms with Crippen LogP contribution in [0.25, 0.3) is 0 Å². The van der Waals surface area contributed by atoms with Gasteiger partial charge in [0.2, 0.25) is 0 Å². The van der Waals surface area contributed by atoms with Gasteiger partial charge < -0.3 is 5.32 Å². The smallest absolute Gasteiger partial charge is 0.317 e. The lowest BCUT2D eigenvalue weighted by molar-refractivity contribution is -0.140. The number of anilines is 1. The molecule has 1 aromatic rings. The summed E-state index contributed by atoms with van der Waals surface area (Å²) in [5.74, 6) is 3.03. The van der Waals surface area contributed by atoms with E-state index in [2.05, 4.69) is 5.32 Å². The molecule has 0 aromatic heterocycles. The minimum Gasteiger partial charge on any atom is -0.317 e. The number of carbonyl (C=O) groups is 2. The Labute approximate surface area is 91.9 Å². The van der Waals surface area contributed by atoms with E-state index in [4.69, 9.17) is 17.6 Å². The zero-order valence-corrected chi connectivity index (χ0v) is 8.78. The van der Waals surface area contributed by atoms with Crippen LogP contribution < -0.4 is 11.2 Å². The Balaban J connectivity index is 2.75. The molecule has 6 heteroatoms. The summed E-state index contributed by atoms with van der Waals surface area (Å²) in [5.41, 5.74) is 1.39. The number of nitrogens with zero attached hydrogens (tertiary/aromatic N) is 1. The summed E-state index contributed by atoms with van der Waals surface area (Å²) in [5, 5.41) is 2.40. The molecule has 0 atom stereocenters. The van der Waals surface area contributed by atoms with E-state index in [0.717, 1.165) is 5.56 Å². The Morgan fingerprint density at radius 3 is 2.53 bits per heavy atom. The van der Waals surface area contributed by atoms with Crippen LogP contribution in [-0.2, 0) is 9.59 Å². The summed E-state index contributed by atoms with van der Waals surface area (Å²) in [6.45, 7) is 1.81. The van der Waals surface area contributed by atoms with Crippen molar-refractivity contribution in [3.63, 3.8) is 0 Å². The summed E-state index contributed by atoms with van der Waals surface area (Å²) in [7, 11) is 0. The van der Waals surface area contributed by atoms with Crippen LogP contribution >= 0.6 is 11.8 Å². The monoisotopic (exact) mass is 227 g/mol. The molecule has 0 spiro atoms. The van der Waals surface area contributed by atoms with Crippen molar-refractivity contribution >= 4 is 29.3 Å². The van der Waals surface area contributed by atoms with Gasteiger partial charge in [0.25, 0.3) is 0 Å². The lowest BCUT2D eigenvalue weighted by Gasteiger charge is -2.09. The Hall–Kier alpha value is -1.59. The van der Waals surface area contributed by atoms with Crippen molar-refractivity contribution in [2.45, 2.75) is 6.92 Å². The lowest BCUT2D eigenvalue weighted by Crippen LogP contribution is -2.37. The molecule has 0 aliphatic heterocycles. The van der Waals surface area contributed by atoms with Gasteiger partial charge in [-0.2, -0.15) is 4.53 Å². The molecule has 0 heterocycles. The predicted octanol–water partition coefficient (Wildman–Crippen LogP) is 0.790. The maximum Gasteiger partial charge on any atom is 0.341 e. The van der Waals surface area contributed by atoms with Crippen molar-refractivity contribution < 1.29 is 9.59 Å². The zero-order chi connectivity index (χ0) is 11.4. The predicted molar refractivity (Wildman–Crippen MR) is 56.7 cm³/mol. The number of hydrogen-bond acceptors (Lipinski definition) is 3. The molecule has 0 saturated carbocycles. The molecule has 0 fully saturated rings. The summed E-state index contributed by atoms with van der Waals surface area (Å²) in [6, 6.07) is 7.05. The van der Waals surface area contributed by atoms with E-state index >= 15 is 0 Å². The van der Waals surface area contributed by atoms with Crippen molar-refractivity contribution in [3.05, 3.63) is 29.8 Å². The van der Waals surface area contributed by atoms with E-state index < -0.39 is 11.8 Å². The van der Waals surface area contributed by atoms with Gasteiger partial charge in [-0.1, -0.05) is 18.2 Å². The minimum absolute atomic E-state index is 0.216. The van der Waals surface area contributed by atoms with E-state index in [0.29, 0.717) is 5.69 Å². The molecule has 3 N–H and O–H groups in total. The van der Waals surface area contributed by atoms with Crippen LogP contribution in [0.3, 0.4) is 0 Å². The van der Waals surface area contributed by atoms with Gasteiger partial charge in [0.1, 0.15) is 0 Å². The van der Waals surface area contributed by atoms with Crippen molar-refractivity contribution in [1.29, 1.82) is 0 Å². The number of para-hydroxylation sites is 1. The van der Waals surface area contributed by atoms with Crippen LogP contribution in [0.1, 0.15) is 5.56 Å². The van der Waals surface area contributed by atoms with Crippen molar-refractivity contribution in [3.8, 4) is 0 Å². The first-order chi connectivity index (χ1) is 7.02. The maximum absolute atomic E-state index is 11.2. The highest BCUT2D eigenvalue weighted by Crippen LogP contribution is 2.12. The average molecular weight is 228 g/mol. The first-order valence-corrected chi connectivity index (χ1v) is 4.47. The van der Waals surface area contributed by atoms with Crippen molar-refractivity contribution in [1.82, 2.24) is 4.53 Å². The topological polar surface area (TPSA) is 75.4 Å². The molecule has 5 nitrogen and oxygen atoms in total. The third-order valence-electron chi connectivity index (χ3n) is 1.78. The zero-order valence-electron chi connectivity index (χ0n) is 8.03. The van der Waals surface area contributed by atoms with Crippen LogP contribution in [0.2, 0.25) is 0 Å². The molecule has 0 unspecified atom stereocenters. The number of halogens is 1. The van der Waals surface area contributed by atoms with Gasteiger partial charge in [0.05, 0.1) is 0 Å². The Morgan fingerprint density at radius 2 is 2.00 bits per heavy atom. The van der Waals surface area contributed by atoms with Crippen molar-refractivity contribution in [2.75, 3.05) is 5.32 Å². The quantitative estimate of drug-likeness (QED) is 0.245. The third kappa shape index (κ3) is 2.93. The molecule has 15 heavy (non-hydrogen) atoms. The van der Waals surface area contributed by atoms with Crippen LogP contribution in [0.4, 0.5) is 5.69 Å². The maximum atomic E-state index is 11.2. The third-order valence-corrected chi connectivity index (χ3v) is 1.94. The number of hydrogen-bond donors (Lipinski definition) is 2. The van der Waals surface area contributed by atoms with E-state index in [9.17, 15) is 9.59 Å². The van der Waals surface area contributed by atoms with Crippen molar-refractivity contribution in [2.24, 2.45) is 5.84 Å². The summed E-state index contributed by atoms with van der Waals surface area (Å²) < 4.78 is 0.216. The second-order valence-corrected chi connectivity index (χ2v) is 3.25. The highest BCUT2D eigenvalue weighted by molar-refractivity contribution is 6.45. The summed E-state index contributed by atoms with van der Waals surface area (Å²) in [4.78, 5) is 22.3. The molecule has 1 aromatic carbocycles. The highest BCUT2D eigenvalue weighted by Gasteiger charge is 2.18. The van der Waals surface area contributed by atoms with Gasteiger partial charge in [-0.3, -0.25) is 9.59 Å². The standard InChI is InChI=1S/C9H10ClN3O2/c1-6-4-2-3-5-7(6)12-8(14)9(15)13(10)11/h2-5H,11H2,1H3,(H,12,14). The van der Waals surface area contributed by atoms with Crippen LogP contribution in [0.15, 0.2) is 24.3 Å². The molecular formula is C9H10ClN3O2. The average Bonchev–Trinajstić information content (AvgIpc) is 2.20. The van der Waals surface area contributed by atoms with Crippen LogP contribution in [0, 0.1) is 6.92 Å². The highest BCUT2D eigenvalue weighted by atomic mass is 35.5. The summed E-state index contributed by atoms with van der Waals surface area (Å²) in [6.07, 6.45) is 0. The molecule has 2 amide bonds. The molecule has 0 saturated heterocycles. The fourth-order valence-electron chi connectivity index (χ4n) is 0.986. The molecule has 0 aliphatic rings. The first kappa shape index (κ1) is 11.5. The fourth-order valence-corrected chi connectivity index (χ4v) is 1.06. The molecule has 0 aliphatic carbocycles. The van der Waals surface area contributed by atoms with Gasteiger partial charge in [-0.05, 0) is 18.6 Å². The number of aryl methyl sites for hydroxylation is 1. The van der Waals surface area contributed by atoms with Gasteiger partial charge in [0.15, 0.2) is 0 Å². The number of rotatable bonds is 1. The first-order valence-electron chi connectivity index (χ1n) is 4.14. The van der Waals surface area contributed by atoms with Crippen LogP contribution in [-0.4, -0.2) is 16.3 Å². The van der Waals surface area contributed by atoms with Gasteiger partial charge in [0, 0.05) is 17.5 Å². The SMILES string of the molecule is Cc1ccccc1NC(=O)C(=O)N(N)Cl. The Bertz CT molecular complexity index is 393. The van der Waals surface area contributed by atoms with Crippen LogP contribution in [0.5, 0.6) is 0 Å². The molecular weight excluding hydrogens is 218 g/mol. The molecule has 1 rings (SSSR count). The van der Waals surface area contributed by atoms with E-state index in [1.54, 1.807) is 25.1 Å². The number of benzene rings is 1. The number of nitrogens with two attached hydrogens (primary N) is 1. The van der Waals surface area contributed by atoms with E-state index in [-0.39, 0.29) is 4.53 Å². The van der Waals surface area contributed by atoms with E-state index in [1.165, 1.54) is 0 Å². The number of nitrogens with one attached hydrogen (secondary N) is 1. The number of carbonyl (C=O) groups excluding carboxylic acids is 2. The molecule has 0 radical (unpaired) electrons. The van der Waals surface area contributed by atoms with Gasteiger partial charge in [-0.25, -0.2) is 5.84 Å². The largest absolute Gasteiger partial charge is 0.341 e. The number of amides is 2. The minimum atomic E-state index is -1.01. The number of hydrazine groups is 1. The van der Waals surface area contributed by atoms with Gasteiger partial charge in [-0.15, -0.1) is 0 Å². The molecule has 80 valence electrons. The van der Waals surface area contributed by atoms with E-state index in [1.807, 2.05) is 6.07 Å². The fraction of sp³-hybridized carbons (Fsp3) is 0.111. The Kier molecular flexibility index (Phi) is 3.65. The van der Waals surface area contributed by atoms with Gasteiger partial charge >= 0.3 is 11.8 Å².